The number of benzene rings is 2. The summed E-state index contributed by atoms with van der Waals surface area (Å²) in [6.45, 7) is 0. The molecule has 34 heavy (non-hydrogen) atoms. The number of nitrogens with zero attached hydrogens (tertiary/aromatic N) is 1. The minimum Gasteiger partial charge on any atom is -0.497 e. The van der Waals surface area contributed by atoms with Crippen molar-refractivity contribution in [1.29, 1.82) is 0 Å². The van der Waals surface area contributed by atoms with Gasteiger partial charge in [0.2, 0.25) is 5.91 Å². The number of carbonyl (C=O) groups is 2. The number of anilines is 1. The van der Waals surface area contributed by atoms with Crippen LogP contribution in [0.15, 0.2) is 47.8 Å². The van der Waals surface area contributed by atoms with Gasteiger partial charge < -0.3 is 29.2 Å². The van der Waals surface area contributed by atoms with Gasteiger partial charge in [-0.25, -0.2) is 0 Å². The van der Waals surface area contributed by atoms with Crippen LogP contribution in [0.25, 0.3) is 0 Å². The maximum atomic E-state index is 13.9. The van der Waals surface area contributed by atoms with Crippen molar-refractivity contribution in [1.82, 2.24) is 4.90 Å². The van der Waals surface area contributed by atoms with Gasteiger partial charge in [0, 0.05) is 23.6 Å². The fourth-order valence-electron chi connectivity index (χ4n) is 4.26. The molecule has 1 N–H and O–H groups in total. The molecule has 2 heterocycles. The number of rotatable bonds is 7. The summed E-state index contributed by atoms with van der Waals surface area (Å²) in [5.74, 6) is 0.764. The molecule has 2 aromatic carbocycles. The Morgan fingerprint density at radius 2 is 1.65 bits per heavy atom. The second-order valence-electron chi connectivity index (χ2n) is 7.70. The zero-order chi connectivity index (χ0) is 24.4. The van der Waals surface area contributed by atoms with Gasteiger partial charge in [-0.05, 0) is 41.3 Å². The third-order valence-corrected chi connectivity index (χ3v) is 6.90. The molecule has 0 aliphatic carbocycles. The number of hydrogen-bond acceptors (Lipinski definition) is 7. The minimum absolute atomic E-state index is 0.194. The van der Waals surface area contributed by atoms with Gasteiger partial charge in [-0.3, -0.25) is 9.59 Å². The first-order chi connectivity index (χ1) is 16.4. The van der Waals surface area contributed by atoms with Gasteiger partial charge in [-0.15, -0.1) is 11.3 Å². The Morgan fingerprint density at radius 1 is 0.941 bits per heavy atom. The summed E-state index contributed by atoms with van der Waals surface area (Å²) in [7, 11) is 7.83. The predicted octanol–water partition coefficient (Wildman–Crippen LogP) is 4.33. The average Bonchev–Trinajstić information content (AvgIpc) is 3.39. The topological polar surface area (TPSA) is 86.3 Å². The highest BCUT2D eigenvalue weighted by molar-refractivity contribution is 7.10. The molecule has 0 fully saturated rings. The second-order valence-corrected chi connectivity index (χ2v) is 8.68. The molecular formula is C25H26N2O6S. The highest BCUT2D eigenvalue weighted by Gasteiger charge is 2.44. The maximum absolute atomic E-state index is 13.9. The van der Waals surface area contributed by atoms with E-state index in [4.69, 9.17) is 18.9 Å². The molecule has 0 bridgehead atoms. The van der Waals surface area contributed by atoms with Gasteiger partial charge in [0.1, 0.15) is 11.5 Å². The molecule has 0 saturated heterocycles. The van der Waals surface area contributed by atoms with E-state index < -0.39 is 12.0 Å². The number of ether oxygens (including phenoxy) is 4. The van der Waals surface area contributed by atoms with Crippen LogP contribution in [0.1, 0.15) is 32.8 Å². The Balaban J connectivity index is 1.84. The molecule has 1 aromatic heterocycles. The van der Waals surface area contributed by atoms with E-state index in [2.05, 4.69) is 5.32 Å². The summed E-state index contributed by atoms with van der Waals surface area (Å²) in [5, 5.41) is 4.92. The molecular weight excluding hydrogens is 456 g/mol. The molecule has 2 atom stereocenters. The van der Waals surface area contributed by atoms with E-state index in [0.717, 1.165) is 4.88 Å². The highest BCUT2D eigenvalue weighted by Crippen LogP contribution is 2.47. The summed E-state index contributed by atoms with van der Waals surface area (Å²) in [6, 6.07) is 11.9. The van der Waals surface area contributed by atoms with E-state index in [1.165, 1.54) is 32.7 Å². The van der Waals surface area contributed by atoms with E-state index in [1.807, 2.05) is 17.5 Å². The monoisotopic (exact) mass is 482 g/mol. The van der Waals surface area contributed by atoms with Crippen molar-refractivity contribution in [2.75, 3.05) is 40.8 Å². The lowest BCUT2D eigenvalue weighted by Crippen LogP contribution is -2.43. The molecule has 1 aliphatic heterocycles. The third kappa shape index (κ3) is 4.03. The molecule has 178 valence electrons. The third-order valence-electron chi connectivity index (χ3n) is 5.96. The van der Waals surface area contributed by atoms with Crippen LogP contribution in [-0.4, -0.2) is 52.2 Å². The molecule has 0 radical (unpaired) electrons. The van der Waals surface area contributed by atoms with Crippen LogP contribution in [-0.2, 0) is 4.79 Å². The zero-order valence-corrected chi connectivity index (χ0v) is 20.4. The molecule has 8 nitrogen and oxygen atoms in total. The lowest BCUT2D eigenvalue weighted by molar-refractivity contribution is -0.119. The van der Waals surface area contributed by atoms with Crippen LogP contribution < -0.4 is 24.3 Å². The summed E-state index contributed by atoms with van der Waals surface area (Å²) >= 11 is 1.50. The van der Waals surface area contributed by atoms with E-state index in [1.54, 1.807) is 49.4 Å². The first-order valence-electron chi connectivity index (χ1n) is 10.5. The van der Waals surface area contributed by atoms with Crippen molar-refractivity contribution in [3.8, 4) is 23.0 Å². The van der Waals surface area contributed by atoms with Crippen molar-refractivity contribution < 1.29 is 28.5 Å². The predicted molar refractivity (Wildman–Crippen MR) is 130 cm³/mol. The van der Waals surface area contributed by atoms with Crippen LogP contribution in [0.5, 0.6) is 23.0 Å². The summed E-state index contributed by atoms with van der Waals surface area (Å²) in [6.07, 6.45) is 0. The number of carbonyl (C=O) groups excluding carboxylic acids is 2. The van der Waals surface area contributed by atoms with Crippen molar-refractivity contribution >= 4 is 28.8 Å². The quantitative estimate of drug-likeness (QED) is 0.540. The molecule has 2 amide bonds. The Labute approximate surface area is 202 Å². The summed E-state index contributed by atoms with van der Waals surface area (Å²) in [4.78, 5) is 29.7. The number of thiophene rings is 1. The standard InChI is InChI=1S/C25H26N2O6S/c1-27-23(21-7-6-10-34-21)22(15-12-19(32-4)20(33-5)13-16(15)25(27)29)24(28)26-17-9-8-14(30-2)11-18(17)31-3/h6-13,22-23H,1-5H3,(H,26,28)/t22-,23-/m0/s1. The molecule has 0 spiro atoms. The number of nitrogens with one attached hydrogen (secondary N) is 1. The molecule has 4 rings (SSSR count). The van der Waals surface area contributed by atoms with Gasteiger partial charge in [-0.2, -0.15) is 0 Å². The van der Waals surface area contributed by atoms with Crippen molar-refractivity contribution in [2.45, 2.75) is 12.0 Å². The van der Waals surface area contributed by atoms with Gasteiger partial charge in [-0.1, -0.05) is 6.07 Å². The number of amides is 2. The number of methoxy groups -OCH3 is 4. The van der Waals surface area contributed by atoms with Crippen molar-refractivity contribution in [3.05, 3.63) is 63.8 Å². The van der Waals surface area contributed by atoms with Crippen LogP contribution in [0.4, 0.5) is 5.69 Å². The first kappa shape index (κ1) is 23.4. The van der Waals surface area contributed by atoms with Gasteiger partial charge >= 0.3 is 0 Å². The van der Waals surface area contributed by atoms with E-state index in [-0.39, 0.29) is 11.8 Å². The smallest absolute Gasteiger partial charge is 0.254 e. The maximum Gasteiger partial charge on any atom is 0.254 e. The number of hydrogen-bond donors (Lipinski definition) is 1. The molecule has 0 unspecified atom stereocenters. The van der Waals surface area contributed by atoms with Crippen LogP contribution >= 0.6 is 11.3 Å². The van der Waals surface area contributed by atoms with Crippen LogP contribution in [0.2, 0.25) is 0 Å². The zero-order valence-electron chi connectivity index (χ0n) is 19.6. The lowest BCUT2D eigenvalue weighted by Gasteiger charge is -2.39. The summed E-state index contributed by atoms with van der Waals surface area (Å²) in [5.41, 5.74) is 1.47. The highest BCUT2D eigenvalue weighted by atomic mass is 32.1. The molecule has 3 aromatic rings. The fourth-order valence-corrected chi connectivity index (χ4v) is 5.16. The second kappa shape index (κ2) is 9.64. The Bertz CT molecular complexity index is 1210. The van der Waals surface area contributed by atoms with Crippen molar-refractivity contribution in [2.24, 2.45) is 0 Å². The van der Waals surface area contributed by atoms with Gasteiger partial charge in [0.05, 0.1) is 46.1 Å². The molecule has 1 aliphatic rings. The van der Waals surface area contributed by atoms with Crippen LogP contribution in [0.3, 0.4) is 0 Å². The van der Waals surface area contributed by atoms with E-state index in [0.29, 0.717) is 39.8 Å². The average molecular weight is 483 g/mol. The first-order valence-corrected chi connectivity index (χ1v) is 11.4. The Hall–Kier alpha value is -3.72. The fraction of sp³-hybridized carbons (Fsp3) is 0.280. The van der Waals surface area contributed by atoms with Crippen LogP contribution in [0, 0.1) is 0 Å². The molecule has 9 heteroatoms. The number of fused-ring (bicyclic) bond motifs is 1. The summed E-state index contributed by atoms with van der Waals surface area (Å²) < 4.78 is 21.6. The van der Waals surface area contributed by atoms with Gasteiger partial charge in [0.15, 0.2) is 11.5 Å². The van der Waals surface area contributed by atoms with E-state index >= 15 is 0 Å². The molecule has 0 saturated carbocycles. The number of likely N-dealkylation sites (N-methyl/N-ethyl adjacent to an activating group) is 1. The lowest BCUT2D eigenvalue weighted by atomic mass is 9.81. The normalized spacial score (nSPS) is 17.1. The SMILES string of the molecule is COc1ccc(NC(=O)[C@H]2c3cc(OC)c(OC)cc3C(=O)N(C)[C@H]2c2cccs2)c(OC)c1. The van der Waals surface area contributed by atoms with Crippen molar-refractivity contribution in [3.63, 3.8) is 0 Å². The largest absolute Gasteiger partial charge is 0.497 e. The Morgan fingerprint density at radius 3 is 2.26 bits per heavy atom. The van der Waals surface area contributed by atoms with Gasteiger partial charge in [0.25, 0.3) is 5.91 Å². The van der Waals surface area contributed by atoms with E-state index in [9.17, 15) is 9.59 Å². The Kier molecular flexibility index (Phi) is 6.65. The minimum atomic E-state index is -0.706.